The Bertz CT molecular complexity index is 2070. The van der Waals surface area contributed by atoms with Crippen molar-refractivity contribution in [2.24, 2.45) is 5.73 Å². The third-order valence-corrected chi connectivity index (χ3v) is 8.55. The Kier molecular flexibility index (Phi) is 13.5. The normalized spacial score (nSPS) is 11.8. The van der Waals surface area contributed by atoms with Gasteiger partial charge in [0.25, 0.3) is 5.91 Å². The molecule has 0 unspecified atom stereocenters. The van der Waals surface area contributed by atoms with E-state index in [0.29, 0.717) is 29.1 Å². The lowest BCUT2D eigenvalue weighted by atomic mass is 9.86. The van der Waals surface area contributed by atoms with Crippen LogP contribution in [0.5, 0.6) is 0 Å². The highest BCUT2D eigenvalue weighted by Crippen LogP contribution is 2.25. The van der Waals surface area contributed by atoms with Crippen LogP contribution in [0, 0.1) is 0 Å². The van der Waals surface area contributed by atoms with Gasteiger partial charge in [0.1, 0.15) is 0 Å². The summed E-state index contributed by atoms with van der Waals surface area (Å²) in [6.07, 6.45) is 7.27. The monoisotopic (exact) mass is 714 g/mol. The van der Waals surface area contributed by atoms with Gasteiger partial charge < -0.3 is 11.1 Å². The van der Waals surface area contributed by atoms with Gasteiger partial charge in [-0.25, -0.2) is 16.8 Å². The van der Waals surface area contributed by atoms with Gasteiger partial charge in [-0.05, 0) is 74.7 Å². The summed E-state index contributed by atoms with van der Waals surface area (Å²) in [5, 5.41) is 2.99. The number of carbonyl (C=O) groups is 1. The van der Waals surface area contributed by atoms with Crippen molar-refractivity contribution in [3.8, 4) is 0 Å². The van der Waals surface area contributed by atoms with Gasteiger partial charge in [-0.2, -0.15) is 0 Å². The maximum Gasteiger partial charge on any atom is 0.252 e. The molecule has 0 bridgehead atoms. The van der Waals surface area contributed by atoms with Gasteiger partial charge in [-0.1, -0.05) is 113 Å². The quantitative estimate of drug-likeness (QED) is 0.0917. The fourth-order valence-corrected chi connectivity index (χ4v) is 5.98. The lowest BCUT2D eigenvalue weighted by molar-refractivity contribution is -0.115. The lowest BCUT2D eigenvalue weighted by Crippen LogP contribution is -2.24. The predicted molar refractivity (Wildman–Crippen MR) is 209 cm³/mol. The lowest BCUT2D eigenvalue weighted by Gasteiger charge is -2.19. The largest absolute Gasteiger partial charge is 0.348 e. The Hall–Kier alpha value is -4.97. The molecule has 0 spiro atoms. The van der Waals surface area contributed by atoms with E-state index in [1.807, 2.05) is 48.5 Å². The molecule has 0 atom stereocenters. The standard InChI is InChI=1S/C29H32N2O3S.C10H14N2O2S/c1-6-23-18-22(14-17-27(23)31-35(5,33)34)20-30-28(32)26(24-10-8-7-9-11-24)19-21-12-15-25(16-13-21)29(2,3)4;1-3-9-6-8(7-11)4-5-10(9)12-15(2,13)14/h6-19,31H,1,20H2,2-5H3,(H,30,32);3-6,12H,1,7,11H2,2H3. The highest BCUT2D eigenvalue weighted by atomic mass is 32.2. The number of hydrogen-bond donors (Lipinski definition) is 4. The van der Waals surface area contributed by atoms with Crippen LogP contribution in [-0.2, 0) is 43.3 Å². The number of anilines is 2. The first-order valence-corrected chi connectivity index (χ1v) is 19.5. The molecule has 264 valence electrons. The number of carbonyl (C=O) groups excluding carboxylic acids is 1. The molecule has 0 heterocycles. The van der Waals surface area contributed by atoms with Crippen LogP contribution < -0.4 is 20.5 Å². The second-order valence-corrected chi connectivity index (χ2v) is 16.2. The summed E-state index contributed by atoms with van der Waals surface area (Å²) in [6, 6.07) is 28.3. The second kappa shape index (κ2) is 17.1. The first kappa shape index (κ1) is 39.5. The molecular formula is C39H46N4O5S2. The summed E-state index contributed by atoms with van der Waals surface area (Å²) in [4.78, 5) is 13.3. The number of benzene rings is 4. The Morgan fingerprint density at radius 1 is 0.740 bits per heavy atom. The molecule has 5 N–H and O–H groups in total. The molecule has 50 heavy (non-hydrogen) atoms. The van der Waals surface area contributed by atoms with E-state index < -0.39 is 20.0 Å². The van der Waals surface area contributed by atoms with Gasteiger partial charge in [0.05, 0.1) is 23.9 Å². The van der Waals surface area contributed by atoms with Crippen LogP contribution in [-0.4, -0.2) is 35.3 Å². The number of sulfonamides is 2. The molecule has 4 rings (SSSR count). The molecule has 0 fully saturated rings. The van der Waals surface area contributed by atoms with Crippen LogP contribution in [0.3, 0.4) is 0 Å². The third-order valence-electron chi connectivity index (χ3n) is 7.37. The van der Waals surface area contributed by atoms with Crippen molar-refractivity contribution in [3.63, 3.8) is 0 Å². The van der Waals surface area contributed by atoms with E-state index in [4.69, 9.17) is 5.73 Å². The van der Waals surface area contributed by atoms with Crippen LogP contribution in [0.4, 0.5) is 11.4 Å². The summed E-state index contributed by atoms with van der Waals surface area (Å²) < 4.78 is 50.2. The fraction of sp³-hybridized carbons (Fsp3) is 0.205. The zero-order valence-corrected chi connectivity index (χ0v) is 30.8. The average molecular weight is 715 g/mol. The van der Waals surface area contributed by atoms with Crippen molar-refractivity contribution in [2.75, 3.05) is 22.0 Å². The smallest absolute Gasteiger partial charge is 0.252 e. The molecule has 1 amide bonds. The van der Waals surface area contributed by atoms with Gasteiger partial charge in [-0.15, -0.1) is 0 Å². The molecule has 0 aliphatic heterocycles. The maximum absolute atomic E-state index is 13.3. The van der Waals surface area contributed by atoms with Crippen LogP contribution in [0.25, 0.3) is 23.8 Å². The zero-order valence-electron chi connectivity index (χ0n) is 29.2. The van der Waals surface area contributed by atoms with Crippen molar-refractivity contribution in [1.82, 2.24) is 5.32 Å². The molecule has 4 aromatic carbocycles. The second-order valence-electron chi connectivity index (χ2n) is 12.7. The fourth-order valence-electron chi connectivity index (χ4n) is 4.81. The molecular weight excluding hydrogens is 669 g/mol. The van der Waals surface area contributed by atoms with E-state index in [0.717, 1.165) is 40.3 Å². The number of amides is 1. The van der Waals surface area contributed by atoms with Crippen molar-refractivity contribution in [3.05, 3.63) is 143 Å². The van der Waals surface area contributed by atoms with Crippen molar-refractivity contribution in [1.29, 1.82) is 0 Å². The first-order chi connectivity index (χ1) is 23.4. The summed E-state index contributed by atoms with van der Waals surface area (Å²) in [6.45, 7) is 14.6. The molecule has 0 saturated heterocycles. The Labute approximate surface area is 297 Å². The van der Waals surface area contributed by atoms with Crippen molar-refractivity contribution >= 4 is 61.1 Å². The Morgan fingerprint density at radius 3 is 1.70 bits per heavy atom. The molecule has 0 radical (unpaired) electrons. The first-order valence-electron chi connectivity index (χ1n) is 15.7. The Morgan fingerprint density at radius 2 is 1.24 bits per heavy atom. The zero-order chi connectivity index (χ0) is 37.1. The Balaban J connectivity index is 0.000000376. The summed E-state index contributed by atoms with van der Waals surface area (Å²) in [7, 11) is -6.66. The minimum absolute atomic E-state index is 0.0541. The average Bonchev–Trinajstić information content (AvgIpc) is 3.06. The van der Waals surface area contributed by atoms with E-state index in [9.17, 15) is 21.6 Å². The molecule has 0 aromatic heterocycles. The highest BCUT2D eigenvalue weighted by molar-refractivity contribution is 7.92. The highest BCUT2D eigenvalue weighted by Gasteiger charge is 2.15. The van der Waals surface area contributed by atoms with E-state index in [1.54, 1.807) is 48.6 Å². The third kappa shape index (κ3) is 12.5. The molecule has 0 aliphatic rings. The molecule has 0 aliphatic carbocycles. The number of hydrogen-bond acceptors (Lipinski definition) is 6. The number of nitrogens with one attached hydrogen (secondary N) is 3. The van der Waals surface area contributed by atoms with Gasteiger partial charge in [0.2, 0.25) is 20.0 Å². The van der Waals surface area contributed by atoms with Gasteiger partial charge in [-0.3, -0.25) is 14.2 Å². The summed E-state index contributed by atoms with van der Waals surface area (Å²) in [5.41, 5.74) is 13.2. The van der Waals surface area contributed by atoms with Crippen molar-refractivity contribution < 1.29 is 21.6 Å². The maximum atomic E-state index is 13.3. The van der Waals surface area contributed by atoms with E-state index in [-0.39, 0.29) is 17.9 Å². The van der Waals surface area contributed by atoms with Crippen LogP contribution in [0.2, 0.25) is 0 Å². The molecule has 0 saturated carbocycles. The minimum atomic E-state index is -3.41. The minimum Gasteiger partial charge on any atom is -0.348 e. The van der Waals surface area contributed by atoms with Crippen LogP contribution in [0.1, 0.15) is 59.7 Å². The molecule has 4 aromatic rings. The molecule has 9 nitrogen and oxygen atoms in total. The van der Waals surface area contributed by atoms with E-state index in [2.05, 4.69) is 60.8 Å². The van der Waals surface area contributed by atoms with Gasteiger partial charge in [0, 0.05) is 18.7 Å². The van der Waals surface area contributed by atoms with Crippen LogP contribution >= 0.6 is 0 Å². The summed E-state index contributed by atoms with van der Waals surface area (Å²) >= 11 is 0. The predicted octanol–water partition coefficient (Wildman–Crippen LogP) is 7.02. The molecule has 11 heteroatoms. The van der Waals surface area contributed by atoms with Crippen molar-refractivity contribution in [2.45, 2.75) is 39.3 Å². The topological polar surface area (TPSA) is 147 Å². The number of nitrogens with two attached hydrogens (primary N) is 1. The van der Waals surface area contributed by atoms with E-state index >= 15 is 0 Å². The summed E-state index contributed by atoms with van der Waals surface area (Å²) in [5.74, 6) is -0.199. The SMILES string of the molecule is C=Cc1cc(CN)ccc1NS(C)(=O)=O.C=Cc1cc(CNC(=O)C(=Cc2ccc(C(C)(C)C)cc2)c2ccccc2)ccc1NS(C)(=O)=O. The van der Waals surface area contributed by atoms with E-state index in [1.165, 1.54) is 5.56 Å². The van der Waals surface area contributed by atoms with Gasteiger partial charge in [0.15, 0.2) is 0 Å². The van der Waals surface area contributed by atoms with Crippen LogP contribution in [0.15, 0.2) is 104 Å². The number of rotatable bonds is 12. The van der Waals surface area contributed by atoms with Gasteiger partial charge >= 0.3 is 0 Å².